The van der Waals surface area contributed by atoms with Crippen molar-refractivity contribution in [2.75, 3.05) is 77.2 Å². The Morgan fingerprint density at radius 1 is 0.490 bits per heavy atom. The molecule has 5 aliphatic rings. The highest BCUT2D eigenvalue weighted by atomic mass is 32.2. The number of aliphatic hydroxyl groups excluding tert-OH is 6. The number of unbranched alkanes of at least 4 members (excludes halogenated alkanes) is 2. The van der Waals surface area contributed by atoms with Gasteiger partial charge in [0, 0.05) is 40.0 Å². The number of thioether (sulfide) groups is 2. The third-order valence-corrected chi connectivity index (χ3v) is 19.8. The lowest BCUT2D eigenvalue weighted by Gasteiger charge is -2.42. The predicted molar refractivity (Wildman–Crippen MR) is 361 cm³/mol. The summed E-state index contributed by atoms with van der Waals surface area (Å²) >= 11 is 2.32. The number of nitrogens with zero attached hydrogens (tertiary/aromatic N) is 2. The topological polar surface area (TPSA) is 548 Å². The van der Waals surface area contributed by atoms with Crippen molar-refractivity contribution >= 4 is 107 Å². The lowest BCUT2D eigenvalue weighted by atomic mass is 9.98. The molecule has 5 heterocycles. The number of hydrogen-bond donors (Lipinski definition) is 18. The normalized spacial score (nSPS) is 30.8. The van der Waals surface area contributed by atoms with Gasteiger partial charge in [-0.25, -0.2) is 9.59 Å². The van der Waals surface area contributed by atoms with E-state index in [-0.39, 0.29) is 97.2 Å². The Hall–Kier alpha value is -7.44. The maximum atomic E-state index is 14.6. The van der Waals surface area contributed by atoms with Gasteiger partial charge >= 0.3 is 12.2 Å². The molecule has 0 radical (unpaired) electrons. The number of carbonyl (C=O) groups is 14. The van der Waals surface area contributed by atoms with Gasteiger partial charge in [-0.2, -0.15) is 0 Å². The second kappa shape index (κ2) is 43.0. The highest BCUT2D eigenvalue weighted by molar-refractivity contribution is 8.00. The summed E-state index contributed by atoms with van der Waals surface area (Å²) in [6.07, 6.45) is -7.32. The van der Waals surface area contributed by atoms with E-state index in [0.717, 1.165) is 23.5 Å². The quantitative estimate of drug-likeness (QED) is 0.0399. The number of amides is 14. The molecule has 38 nitrogen and oxygen atoms in total. The molecule has 0 aromatic heterocycles. The van der Waals surface area contributed by atoms with Gasteiger partial charge < -0.3 is 123 Å². The first-order chi connectivity index (χ1) is 48.5. The van der Waals surface area contributed by atoms with Crippen molar-refractivity contribution in [3.63, 3.8) is 0 Å². The summed E-state index contributed by atoms with van der Waals surface area (Å²) in [5.74, 6) is -8.15. The van der Waals surface area contributed by atoms with Crippen LogP contribution in [0.2, 0.25) is 0 Å². The molecule has 0 aromatic carbocycles. The van der Waals surface area contributed by atoms with Gasteiger partial charge in [0.25, 0.3) is 0 Å². The second-order valence-electron chi connectivity index (χ2n) is 25.4. The van der Waals surface area contributed by atoms with E-state index < -0.39 is 217 Å². The summed E-state index contributed by atoms with van der Waals surface area (Å²) in [6.45, 7) is 5.39. The molecule has 0 spiro atoms. The number of hydrogen-bond acceptors (Lipinski definition) is 26. The van der Waals surface area contributed by atoms with Gasteiger partial charge in [0.05, 0.1) is 51.6 Å². The van der Waals surface area contributed by atoms with Crippen LogP contribution in [-0.2, 0) is 76.5 Å². The van der Waals surface area contributed by atoms with E-state index in [9.17, 15) is 97.8 Å². The van der Waals surface area contributed by atoms with Crippen molar-refractivity contribution in [2.45, 2.75) is 227 Å². The van der Waals surface area contributed by atoms with Crippen LogP contribution in [-0.4, -0.2) is 309 Å². The van der Waals surface area contributed by atoms with Crippen LogP contribution in [0.3, 0.4) is 0 Å². The van der Waals surface area contributed by atoms with Crippen molar-refractivity contribution in [1.29, 1.82) is 0 Å². The number of rotatable bonds is 24. The van der Waals surface area contributed by atoms with Crippen LogP contribution in [0.25, 0.3) is 0 Å². The fourth-order valence-corrected chi connectivity index (χ4v) is 14.1. The number of nitrogens with one attached hydrogen (secondary N) is 12. The number of alkyl carbamates (subject to hydrolysis) is 2. The maximum Gasteiger partial charge on any atom is 0.407 e. The highest BCUT2D eigenvalue weighted by Gasteiger charge is 2.47. The minimum Gasteiger partial charge on any atom is -0.450 e. The van der Waals surface area contributed by atoms with E-state index in [4.69, 9.17) is 18.9 Å². The molecule has 576 valence electrons. The standard InChI is InChI=1S/C62H102N14O24S2/c1-31-51(87)68-32(2)52(88)70-34(4)57(93)75-21-11-17-39(75)55(91)66-28-44(82)73-37(15-7-9-19-63-61(95)97-23-13-25-101-59-45(71-35(5)79)49(85)47(83)41(29-77)99-59)54(90)69-33(3)53(89)74-38(58(94)76-22-12-18-40(76)56(92)65-27-43(81)67-31)16-8-10-20-64-62(96)98-24-14-26-102-60-46(72-36(6)80)50(86)48(84)42(30-78)100-60/h31-34,37-42,45-50,59-60,77-78,83-86H,7-30H2,1-6H3,(H,63,95)(H,64,96)(H,65,92)(H,66,91)(H,67,81)(H,68,87)(H,69,90)(H,70,88)(H,71,79)(H,72,80)(H,73,82)(H,74,89)/t31-,32-,33-,34-,37-,38-,39-,40-,41+,42+,45+,46+,47+,48+,49+,50+,59-,60-/m0/s1. The van der Waals surface area contributed by atoms with Gasteiger partial charge in [-0.05, 0) is 116 Å². The van der Waals surface area contributed by atoms with Crippen LogP contribution < -0.4 is 63.8 Å². The zero-order chi connectivity index (χ0) is 75.3. The monoisotopic (exact) mass is 1490 g/mol. The zero-order valence-corrected chi connectivity index (χ0v) is 59.7. The van der Waals surface area contributed by atoms with Crippen LogP contribution in [0.5, 0.6) is 0 Å². The number of carbonyl (C=O) groups excluding carboxylic acids is 14. The summed E-state index contributed by atoms with van der Waals surface area (Å²) in [5.41, 5.74) is -1.70. The largest absolute Gasteiger partial charge is 0.450 e. The molecule has 5 fully saturated rings. The summed E-state index contributed by atoms with van der Waals surface area (Å²) in [7, 11) is 0. The van der Waals surface area contributed by atoms with Crippen molar-refractivity contribution in [3.8, 4) is 0 Å². The summed E-state index contributed by atoms with van der Waals surface area (Å²) < 4.78 is 22.0. The minimum absolute atomic E-state index is 0.0237. The second-order valence-corrected chi connectivity index (χ2v) is 27.8. The highest BCUT2D eigenvalue weighted by Crippen LogP contribution is 2.31. The smallest absolute Gasteiger partial charge is 0.407 e. The van der Waals surface area contributed by atoms with E-state index in [1.807, 2.05) is 0 Å². The lowest BCUT2D eigenvalue weighted by Crippen LogP contribution is -2.63. The van der Waals surface area contributed by atoms with Gasteiger partial charge in [-0.3, -0.25) is 57.5 Å². The molecular formula is C62H102N14O24S2. The van der Waals surface area contributed by atoms with Crippen LogP contribution in [0.1, 0.15) is 119 Å². The van der Waals surface area contributed by atoms with E-state index in [1.54, 1.807) is 0 Å². The predicted octanol–water partition coefficient (Wildman–Crippen LogP) is -6.87. The van der Waals surface area contributed by atoms with Gasteiger partial charge in [0.15, 0.2) is 0 Å². The van der Waals surface area contributed by atoms with Gasteiger partial charge in [0.2, 0.25) is 70.9 Å². The first kappa shape index (κ1) is 85.2. The van der Waals surface area contributed by atoms with Gasteiger partial charge in [-0.1, -0.05) is 0 Å². The average molecular weight is 1490 g/mol. The zero-order valence-electron chi connectivity index (χ0n) is 58.1. The molecule has 102 heavy (non-hydrogen) atoms. The molecule has 5 aliphatic heterocycles. The molecule has 0 unspecified atom stereocenters. The molecule has 0 bridgehead atoms. The number of aliphatic hydroxyl groups is 6. The van der Waals surface area contributed by atoms with E-state index in [1.165, 1.54) is 51.3 Å². The summed E-state index contributed by atoms with van der Waals surface area (Å²) in [5, 5.41) is 91.6. The molecule has 18 N–H and O–H groups in total. The fourth-order valence-electron chi connectivity index (χ4n) is 11.7. The summed E-state index contributed by atoms with van der Waals surface area (Å²) in [6, 6.07) is -12.0. The minimum atomic E-state index is -1.46. The van der Waals surface area contributed by atoms with E-state index in [0.29, 0.717) is 30.8 Å². The van der Waals surface area contributed by atoms with Crippen molar-refractivity contribution in [2.24, 2.45) is 0 Å². The van der Waals surface area contributed by atoms with Crippen molar-refractivity contribution < 1.29 is 117 Å². The summed E-state index contributed by atoms with van der Waals surface area (Å²) in [4.78, 5) is 189. The van der Waals surface area contributed by atoms with Crippen molar-refractivity contribution in [1.82, 2.24) is 73.6 Å². The van der Waals surface area contributed by atoms with Crippen molar-refractivity contribution in [3.05, 3.63) is 0 Å². The SMILES string of the molecule is CC(=O)N[C@@H]1[C@@H](O)[C@H](O)[C@@H](CO)O[C@H]1SCCCOC(=O)NCCCC[C@@H]1NC(=O)CNC(=O)[C@@H]2CCCN2C(=O)[C@H](C)NC(=O)[C@H](C)NC(=O)[C@H](C)NC(=O)CNC(=O)[C@@H]2CCCN2C(=O)[C@H](CCCCNC(=O)OCCCS[C@@H]2O[C@H](CO)[C@@H](O)[C@H](O)[C@H]2NC(C)=O)NC(=O)[C@H](C)NC1=O. The Bertz CT molecular complexity index is 2890. The van der Waals surface area contributed by atoms with E-state index in [2.05, 4.69) is 63.8 Å². The Morgan fingerprint density at radius 2 is 0.892 bits per heavy atom. The Morgan fingerprint density at radius 3 is 1.34 bits per heavy atom. The first-order valence-electron chi connectivity index (χ1n) is 34.3. The third kappa shape index (κ3) is 26.7. The number of ether oxygens (including phenoxy) is 4. The number of fused-ring (bicyclic) bond motifs is 2. The molecule has 5 saturated heterocycles. The third-order valence-electron chi connectivity index (χ3n) is 17.3. The molecule has 40 heteroatoms. The van der Waals surface area contributed by atoms with Crippen LogP contribution in [0, 0.1) is 0 Å². The van der Waals surface area contributed by atoms with Crippen LogP contribution >= 0.6 is 23.5 Å². The van der Waals surface area contributed by atoms with E-state index >= 15 is 0 Å². The maximum absolute atomic E-state index is 14.6. The molecule has 0 aromatic rings. The molecule has 0 aliphatic carbocycles. The average Bonchev–Trinajstić information content (AvgIpc) is 0.839. The molecule has 18 atom stereocenters. The Balaban J connectivity index is 1.25. The molecule has 14 amide bonds. The van der Waals surface area contributed by atoms with Crippen LogP contribution in [0.4, 0.5) is 9.59 Å². The Labute approximate surface area is 598 Å². The molecular weight excluding hydrogens is 1390 g/mol. The molecule has 0 saturated carbocycles. The molecule has 5 rings (SSSR count). The fraction of sp³-hybridized carbons (Fsp3) is 0.774. The lowest BCUT2D eigenvalue weighted by molar-refractivity contribution is -0.173. The first-order valence-corrected chi connectivity index (χ1v) is 36.4. The van der Waals surface area contributed by atoms with Crippen LogP contribution in [0.15, 0.2) is 0 Å². The van der Waals surface area contributed by atoms with Gasteiger partial charge in [-0.15, -0.1) is 23.5 Å². The Kier molecular flexibility index (Phi) is 35.9. The van der Waals surface area contributed by atoms with Gasteiger partial charge in [0.1, 0.15) is 95.8 Å².